The molecule has 0 aliphatic carbocycles. The van der Waals surface area contributed by atoms with E-state index in [0.717, 1.165) is 0 Å². The van der Waals surface area contributed by atoms with Crippen molar-refractivity contribution in [3.05, 3.63) is 277 Å². The number of benzene rings is 12. The lowest BCUT2D eigenvalue weighted by Crippen LogP contribution is -1.93. The largest absolute Gasteiger partial charge is 0.0622 e. The summed E-state index contributed by atoms with van der Waals surface area (Å²) in [5.74, 6) is 0. The van der Waals surface area contributed by atoms with Gasteiger partial charge in [-0.15, -0.1) is 0 Å². The lowest BCUT2D eigenvalue weighted by Gasteiger charge is -2.21. The topological polar surface area (TPSA) is 0 Å². The van der Waals surface area contributed by atoms with E-state index in [0.29, 0.717) is 0 Å². The molecule has 0 atom stereocenters. The summed E-state index contributed by atoms with van der Waals surface area (Å²) in [6.07, 6.45) is 8.74. The zero-order chi connectivity index (χ0) is 45.2. The van der Waals surface area contributed by atoms with Crippen molar-refractivity contribution in [1.29, 1.82) is 0 Å². The average molecular weight is 863 g/mol. The van der Waals surface area contributed by atoms with Gasteiger partial charge < -0.3 is 0 Å². The van der Waals surface area contributed by atoms with Gasteiger partial charge in [0.15, 0.2) is 0 Å². The third-order valence-corrected chi connectivity index (χ3v) is 13.4. The molecular weight excluding hydrogens is 817 g/mol. The van der Waals surface area contributed by atoms with Crippen molar-refractivity contribution in [2.24, 2.45) is 0 Å². The van der Waals surface area contributed by atoms with E-state index in [4.69, 9.17) is 0 Å². The Morgan fingerprint density at radius 2 is 0.559 bits per heavy atom. The molecule has 0 aromatic heterocycles. The lowest BCUT2D eigenvalue weighted by atomic mass is 9.82. The smallest absolute Gasteiger partial charge is 0.00141 e. The standard InChI is InChI=1S/C68H46/c1-4-15-47(16-5-1)29-31-49-19-12-23-52(41-49)54-33-35-58-45-60(39-37-56(58)43-54)66-63-25-10-11-26-64(63)67(68-62(27-14-28-65(66)68)51-21-8-3-9-22-51)61-40-38-57-44-55(34-36-59(57)46-61)53-24-13-20-50(42-53)32-30-48-17-6-2-7-18-48/h1-46H/b31-29+,32-30+. The summed E-state index contributed by atoms with van der Waals surface area (Å²) in [5.41, 5.74) is 17.0. The molecule has 318 valence electrons. The highest BCUT2D eigenvalue weighted by molar-refractivity contribution is 6.25. The van der Waals surface area contributed by atoms with Crippen molar-refractivity contribution in [2.75, 3.05) is 0 Å². The Morgan fingerprint density at radius 1 is 0.206 bits per heavy atom. The van der Waals surface area contributed by atoms with E-state index in [1.54, 1.807) is 0 Å². The Morgan fingerprint density at radius 3 is 1.09 bits per heavy atom. The van der Waals surface area contributed by atoms with Crippen LogP contribution >= 0.6 is 0 Å². The molecule has 0 spiro atoms. The molecule has 0 heterocycles. The first-order valence-electron chi connectivity index (χ1n) is 23.5. The maximum Gasteiger partial charge on any atom is -0.00141 e. The monoisotopic (exact) mass is 862 g/mol. The first-order valence-corrected chi connectivity index (χ1v) is 23.5. The number of fused-ring (bicyclic) bond motifs is 4. The van der Waals surface area contributed by atoms with Crippen LogP contribution in [0.1, 0.15) is 22.3 Å². The van der Waals surface area contributed by atoms with Crippen molar-refractivity contribution in [2.45, 2.75) is 0 Å². The zero-order valence-corrected chi connectivity index (χ0v) is 37.6. The molecule has 12 rings (SSSR count). The predicted molar refractivity (Wildman–Crippen MR) is 294 cm³/mol. The van der Waals surface area contributed by atoms with E-state index in [2.05, 4.69) is 279 Å². The summed E-state index contributed by atoms with van der Waals surface area (Å²) >= 11 is 0. The number of rotatable bonds is 9. The summed E-state index contributed by atoms with van der Waals surface area (Å²) < 4.78 is 0. The van der Waals surface area contributed by atoms with Crippen LogP contribution in [0.5, 0.6) is 0 Å². The number of hydrogen-bond donors (Lipinski definition) is 0. The van der Waals surface area contributed by atoms with Crippen molar-refractivity contribution in [1.82, 2.24) is 0 Å². The Balaban J connectivity index is 0.957. The van der Waals surface area contributed by atoms with Crippen molar-refractivity contribution in [3.63, 3.8) is 0 Å². The van der Waals surface area contributed by atoms with Crippen LogP contribution in [-0.4, -0.2) is 0 Å². The second-order valence-electron chi connectivity index (χ2n) is 17.7. The molecule has 0 heteroatoms. The van der Waals surface area contributed by atoms with Crippen LogP contribution in [-0.2, 0) is 0 Å². The predicted octanol–water partition coefficient (Wildman–Crippen LogP) is 19.0. The van der Waals surface area contributed by atoms with Crippen LogP contribution in [0, 0.1) is 0 Å². The highest BCUT2D eigenvalue weighted by Crippen LogP contribution is 2.48. The van der Waals surface area contributed by atoms with E-state index in [1.807, 2.05) is 0 Å². The molecule has 0 bridgehead atoms. The molecule has 0 aliphatic heterocycles. The molecule has 0 radical (unpaired) electrons. The van der Waals surface area contributed by atoms with Gasteiger partial charge in [-0.2, -0.15) is 0 Å². The fraction of sp³-hybridized carbons (Fsp3) is 0. The first-order chi connectivity index (χ1) is 33.7. The molecule has 0 N–H and O–H groups in total. The molecule has 68 heavy (non-hydrogen) atoms. The van der Waals surface area contributed by atoms with Crippen LogP contribution in [0.2, 0.25) is 0 Å². The molecule has 0 nitrogen and oxygen atoms in total. The minimum atomic E-state index is 1.18. The zero-order valence-electron chi connectivity index (χ0n) is 37.6. The van der Waals surface area contributed by atoms with E-state index in [9.17, 15) is 0 Å². The highest BCUT2D eigenvalue weighted by Gasteiger charge is 2.20. The Hall–Kier alpha value is -8.84. The third kappa shape index (κ3) is 8.00. The second kappa shape index (κ2) is 17.9. The fourth-order valence-electron chi connectivity index (χ4n) is 10.0. The van der Waals surface area contributed by atoms with Crippen LogP contribution in [0.3, 0.4) is 0 Å². The van der Waals surface area contributed by atoms with Gasteiger partial charge in [0.05, 0.1) is 0 Å². The first kappa shape index (κ1) is 40.7. The van der Waals surface area contributed by atoms with Gasteiger partial charge in [0.25, 0.3) is 0 Å². The maximum absolute atomic E-state index is 2.39. The molecule has 0 fully saturated rings. The average Bonchev–Trinajstić information content (AvgIpc) is 3.41. The van der Waals surface area contributed by atoms with Gasteiger partial charge in [0, 0.05) is 0 Å². The van der Waals surface area contributed by atoms with Crippen LogP contribution < -0.4 is 0 Å². The molecule has 0 aliphatic rings. The van der Waals surface area contributed by atoms with E-state index in [1.165, 1.54) is 121 Å². The van der Waals surface area contributed by atoms with Gasteiger partial charge in [-0.05, 0) is 157 Å². The van der Waals surface area contributed by atoms with Gasteiger partial charge in [-0.3, -0.25) is 0 Å². The Labute approximate surface area is 398 Å². The molecular formula is C68H46. The van der Waals surface area contributed by atoms with Crippen LogP contribution in [0.25, 0.3) is 123 Å². The van der Waals surface area contributed by atoms with Crippen LogP contribution in [0.4, 0.5) is 0 Å². The van der Waals surface area contributed by atoms with Gasteiger partial charge in [-0.1, -0.05) is 243 Å². The quantitative estimate of drug-likeness (QED) is 0.100. The van der Waals surface area contributed by atoms with Gasteiger partial charge in [-0.25, -0.2) is 0 Å². The van der Waals surface area contributed by atoms with E-state index < -0.39 is 0 Å². The normalized spacial score (nSPS) is 11.7. The molecule has 0 saturated carbocycles. The Kier molecular flexibility index (Phi) is 10.7. The summed E-state index contributed by atoms with van der Waals surface area (Å²) in [6.45, 7) is 0. The summed E-state index contributed by atoms with van der Waals surface area (Å²) in [6, 6.07) is 93.1. The second-order valence-corrected chi connectivity index (χ2v) is 17.7. The van der Waals surface area contributed by atoms with E-state index in [-0.39, 0.29) is 0 Å². The van der Waals surface area contributed by atoms with Crippen molar-refractivity contribution in [3.8, 4) is 55.6 Å². The van der Waals surface area contributed by atoms with Gasteiger partial charge in [0.2, 0.25) is 0 Å². The minimum absolute atomic E-state index is 1.18. The Bertz CT molecular complexity index is 3870. The lowest BCUT2D eigenvalue weighted by molar-refractivity contribution is 1.61. The molecule has 0 amide bonds. The maximum atomic E-state index is 2.39. The summed E-state index contributed by atoms with van der Waals surface area (Å²) in [5, 5.41) is 9.87. The van der Waals surface area contributed by atoms with Crippen molar-refractivity contribution >= 4 is 67.4 Å². The number of hydrogen-bond acceptors (Lipinski definition) is 0. The summed E-state index contributed by atoms with van der Waals surface area (Å²) in [4.78, 5) is 0. The fourth-order valence-corrected chi connectivity index (χ4v) is 10.0. The molecule has 12 aromatic carbocycles. The van der Waals surface area contributed by atoms with Gasteiger partial charge in [0.1, 0.15) is 0 Å². The van der Waals surface area contributed by atoms with Crippen LogP contribution in [0.15, 0.2) is 255 Å². The van der Waals surface area contributed by atoms with Crippen molar-refractivity contribution < 1.29 is 0 Å². The highest BCUT2D eigenvalue weighted by atomic mass is 14.2. The van der Waals surface area contributed by atoms with E-state index >= 15 is 0 Å². The molecule has 0 saturated heterocycles. The molecule has 0 unspecified atom stereocenters. The third-order valence-electron chi connectivity index (χ3n) is 13.4. The minimum Gasteiger partial charge on any atom is -0.0622 e. The summed E-state index contributed by atoms with van der Waals surface area (Å²) in [7, 11) is 0. The van der Waals surface area contributed by atoms with Gasteiger partial charge >= 0.3 is 0 Å². The molecule has 12 aromatic rings. The SMILES string of the molecule is C(=C\c1cccc(-c2ccc3cc(-c4c5ccccc5c(-c5ccc6cc(-c7cccc(/C=C/c8ccccc8)c7)ccc6c5)c5c(-c6ccccc6)cccc45)ccc3c2)c1)/c1ccccc1.